The van der Waals surface area contributed by atoms with E-state index in [-0.39, 0.29) is 18.4 Å². The number of carbonyl (C=O) groups excluding carboxylic acids is 1. The van der Waals surface area contributed by atoms with Gasteiger partial charge in [-0.2, -0.15) is 0 Å². The van der Waals surface area contributed by atoms with Gasteiger partial charge in [0.15, 0.2) is 0 Å². The van der Waals surface area contributed by atoms with E-state index in [1.54, 1.807) is 4.90 Å². The van der Waals surface area contributed by atoms with E-state index in [0.717, 1.165) is 31.5 Å². The maximum Gasteiger partial charge on any atom is 0.305 e. The number of benzene rings is 1. The number of nitrogens with one attached hydrogen (secondary N) is 1. The molecule has 2 aliphatic heterocycles. The first-order valence-corrected chi connectivity index (χ1v) is 7.05. The highest BCUT2D eigenvalue weighted by atomic mass is 16.4. The molecule has 0 aliphatic carbocycles. The number of amides is 1. The van der Waals surface area contributed by atoms with Crippen molar-refractivity contribution in [3.8, 4) is 0 Å². The fraction of sp³-hybridized carbons (Fsp3) is 0.467. The SMILES string of the molecule is O=C(O)CC1CCCN1C(=O)c1ccc2c(c1)CCN2. The average Bonchev–Trinajstić information content (AvgIpc) is 3.04. The molecule has 3 rings (SSSR count). The van der Waals surface area contributed by atoms with Gasteiger partial charge in [-0.3, -0.25) is 9.59 Å². The quantitative estimate of drug-likeness (QED) is 0.880. The minimum Gasteiger partial charge on any atom is -0.481 e. The molecule has 106 valence electrons. The van der Waals surface area contributed by atoms with Crippen LogP contribution in [0, 0.1) is 0 Å². The van der Waals surface area contributed by atoms with Crippen LogP contribution in [0.1, 0.15) is 35.2 Å². The molecular weight excluding hydrogens is 256 g/mol. The molecule has 5 heteroatoms. The van der Waals surface area contributed by atoms with E-state index in [1.165, 1.54) is 5.56 Å². The molecule has 2 N–H and O–H groups in total. The number of likely N-dealkylation sites (tertiary alicyclic amines) is 1. The molecule has 1 atom stereocenters. The minimum absolute atomic E-state index is 0.0385. The first kappa shape index (κ1) is 13.0. The van der Waals surface area contributed by atoms with E-state index in [2.05, 4.69) is 5.32 Å². The Morgan fingerprint density at radius 3 is 3.05 bits per heavy atom. The zero-order valence-electron chi connectivity index (χ0n) is 11.3. The number of rotatable bonds is 3. The molecule has 1 aromatic rings. The van der Waals surface area contributed by atoms with Crippen LogP contribution in [-0.2, 0) is 11.2 Å². The standard InChI is InChI=1S/C15H18N2O3/c18-14(19)9-12-2-1-7-17(12)15(20)11-3-4-13-10(8-11)5-6-16-13/h3-4,8,12,16H,1-2,5-7,9H2,(H,18,19). The summed E-state index contributed by atoms with van der Waals surface area (Å²) < 4.78 is 0. The Morgan fingerprint density at radius 1 is 1.40 bits per heavy atom. The van der Waals surface area contributed by atoms with E-state index in [1.807, 2.05) is 18.2 Å². The number of fused-ring (bicyclic) bond motifs is 1. The van der Waals surface area contributed by atoms with Gasteiger partial charge >= 0.3 is 5.97 Å². The molecule has 1 amide bonds. The predicted molar refractivity (Wildman–Crippen MR) is 74.9 cm³/mol. The second-order valence-corrected chi connectivity index (χ2v) is 5.44. The van der Waals surface area contributed by atoms with Crippen LogP contribution in [0.5, 0.6) is 0 Å². The van der Waals surface area contributed by atoms with Gasteiger partial charge in [-0.05, 0) is 43.0 Å². The van der Waals surface area contributed by atoms with Crippen LogP contribution in [-0.4, -0.2) is 41.0 Å². The van der Waals surface area contributed by atoms with Crippen LogP contribution in [0.2, 0.25) is 0 Å². The molecule has 1 unspecified atom stereocenters. The monoisotopic (exact) mass is 274 g/mol. The molecule has 1 aromatic carbocycles. The van der Waals surface area contributed by atoms with E-state index in [4.69, 9.17) is 5.11 Å². The van der Waals surface area contributed by atoms with Gasteiger partial charge in [0.1, 0.15) is 0 Å². The van der Waals surface area contributed by atoms with Gasteiger partial charge in [0.2, 0.25) is 0 Å². The van der Waals surface area contributed by atoms with Crippen molar-refractivity contribution in [1.82, 2.24) is 4.90 Å². The lowest BCUT2D eigenvalue weighted by atomic mass is 10.1. The molecule has 2 aliphatic rings. The van der Waals surface area contributed by atoms with Gasteiger partial charge in [0.25, 0.3) is 5.91 Å². The Balaban J connectivity index is 1.79. The Labute approximate surface area is 117 Å². The molecule has 0 aromatic heterocycles. The largest absolute Gasteiger partial charge is 0.481 e. The van der Waals surface area contributed by atoms with Crippen LogP contribution in [0.4, 0.5) is 5.69 Å². The molecule has 2 heterocycles. The average molecular weight is 274 g/mol. The van der Waals surface area contributed by atoms with Crippen molar-refractivity contribution in [2.24, 2.45) is 0 Å². The summed E-state index contributed by atoms with van der Waals surface area (Å²) in [5.41, 5.74) is 2.94. The highest BCUT2D eigenvalue weighted by Crippen LogP contribution is 2.26. The summed E-state index contributed by atoms with van der Waals surface area (Å²) in [4.78, 5) is 25.1. The van der Waals surface area contributed by atoms with Crippen LogP contribution in [0.25, 0.3) is 0 Å². The Kier molecular flexibility index (Phi) is 3.34. The van der Waals surface area contributed by atoms with E-state index < -0.39 is 5.97 Å². The summed E-state index contributed by atoms with van der Waals surface area (Å²) >= 11 is 0. The summed E-state index contributed by atoms with van der Waals surface area (Å²) in [7, 11) is 0. The fourth-order valence-corrected chi connectivity index (χ4v) is 3.12. The van der Waals surface area contributed by atoms with E-state index in [0.29, 0.717) is 12.1 Å². The number of hydrogen-bond acceptors (Lipinski definition) is 3. The maximum absolute atomic E-state index is 12.6. The molecule has 0 spiro atoms. The Morgan fingerprint density at radius 2 is 2.25 bits per heavy atom. The molecule has 0 saturated carbocycles. The number of carbonyl (C=O) groups is 2. The Bertz CT molecular complexity index is 556. The number of anilines is 1. The Hall–Kier alpha value is -2.04. The van der Waals surface area contributed by atoms with Crippen molar-refractivity contribution in [2.75, 3.05) is 18.4 Å². The number of carboxylic acids is 1. The zero-order chi connectivity index (χ0) is 14.1. The first-order valence-electron chi connectivity index (χ1n) is 7.05. The zero-order valence-corrected chi connectivity index (χ0v) is 11.3. The van der Waals surface area contributed by atoms with Gasteiger partial charge in [-0.25, -0.2) is 0 Å². The summed E-state index contributed by atoms with van der Waals surface area (Å²) in [6.07, 6.45) is 2.65. The van der Waals surface area contributed by atoms with Crippen molar-refractivity contribution in [3.63, 3.8) is 0 Å². The van der Waals surface area contributed by atoms with Crippen molar-refractivity contribution in [3.05, 3.63) is 29.3 Å². The third-order valence-electron chi connectivity index (χ3n) is 4.11. The fourth-order valence-electron chi connectivity index (χ4n) is 3.12. The van der Waals surface area contributed by atoms with E-state index in [9.17, 15) is 9.59 Å². The van der Waals surface area contributed by atoms with Crippen LogP contribution in [0.15, 0.2) is 18.2 Å². The first-order chi connectivity index (χ1) is 9.65. The highest BCUT2D eigenvalue weighted by Gasteiger charge is 2.31. The minimum atomic E-state index is -0.840. The van der Waals surface area contributed by atoms with Gasteiger partial charge in [-0.15, -0.1) is 0 Å². The van der Waals surface area contributed by atoms with Crippen LogP contribution >= 0.6 is 0 Å². The highest BCUT2D eigenvalue weighted by molar-refractivity contribution is 5.95. The van der Waals surface area contributed by atoms with Crippen molar-refractivity contribution >= 4 is 17.6 Å². The molecule has 20 heavy (non-hydrogen) atoms. The summed E-state index contributed by atoms with van der Waals surface area (Å²) in [6.45, 7) is 1.57. The molecule has 0 radical (unpaired) electrons. The van der Waals surface area contributed by atoms with E-state index >= 15 is 0 Å². The lowest BCUT2D eigenvalue weighted by molar-refractivity contribution is -0.137. The third-order valence-corrected chi connectivity index (χ3v) is 4.11. The molecular formula is C15H18N2O3. The second kappa shape index (κ2) is 5.15. The molecule has 0 bridgehead atoms. The number of carboxylic acid groups (broad SMARTS) is 1. The van der Waals surface area contributed by atoms with Crippen molar-refractivity contribution < 1.29 is 14.7 Å². The van der Waals surface area contributed by atoms with Crippen molar-refractivity contribution in [2.45, 2.75) is 31.7 Å². The van der Waals surface area contributed by atoms with Crippen molar-refractivity contribution in [1.29, 1.82) is 0 Å². The summed E-state index contributed by atoms with van der Waals surface area (Å²) in [5.74, 6) is -0.878. The predicted octanol–water partition coefficient (Wildman–Crippen LogP) is 1.73. The molecule has 1 fully saturated rings. The number of aliphatic carboxylic acids is 1. The van der Waals surface area contributed by atoms with Gasteiger partial charge in [0.05, 0.1) is 6.42 Å². The molecule has 1 saturated heterocycles. The number of nitrogens with zero attached hydrogens (tertiary/aromatic N) is 1. The normalized spacial score (nSPS) is 20.6. The van der Waals surface area contributed by atoms with Gasteiger partial charge < -0.3 is 15.3 Å². The number of hydrogen-bond donors (Lipinski definition) is 2. The molecule has 5 nitrogen and oxygen atoms in total. The van der Waals surface area contributed by atoms with Gasteiger partial charge in [-0.1, -0.05) is 0 Å². The smallest absolute Gasteiger partial charge is 0.305 e. The summed E-state index contributed by atoms with van der Waals surface area (Å²) in [5, 5.41) is 12.2. The van der Waals surface area contributed by atoms with Crippen LogP contribution < -0.4 is 5.32 Å². The summed E-state index contributed by atoms with van der Waals surface area (Å²) in [6, 6.07) is 5.55. The lowest BCUT2D eigenvalue weighted by Crippen LogP contribution is -2.36. The van der Waals surface area contributed by atoms with Gasteiger partial charge in [0, 0.05) is 30.4 Å². The lowest BCUT2D eigenvalue weighted by Gasteiger charge is -2.23. The third kappa shape index (κ3) is 2.35. The second-order valence-electron chi connectivity index (χ2n) is 5.44. The topological polar surface area (TPSA) is 69.6 Å². The van der Waals surface area contributed by atoms with Crippen LogP contribution in [0.3, 0.4) is 0 Å². The maximum atomic E-state index is 12.6.